The van der Waals surface area contributed by atoms with Crippen LogP contribution in [0.3, 0.4) is 0 Å². The zero-order valence-corrected chi connectivity index (χ0v) is 17.3. The van der Waals surface area contributed by atoms with Crippen LogP contribution in [0.15, 0.2) is 35.2 Å². The first-order chi connectivity index (χ1) is 13.2. The van der Waals surface area contributed by atoms with Crippen LogP contribution < -0.4 is 19.5 Å². The van der Waals surface area contributed by atoms with E-state index in [-0.39, 0.29) is 21.6 Å². The van der Waals surface area contributed by atoms with E-state index in [1.807, 2.05) is 19.9 Å². The van der Waals surface area contributed by atoms with Crippen molar-refractivity contribution in [1.82, 2.24) is 4.72 Å². The Hall–Kier alpha value is -2.29. The number of hydrogen-bond acceptors (Lipinski definition) is 5. The molecular formula is C19H21ClN2O5S. The first-order valence-corrected chi connectivity index (χ1v) is 10.6. The van der Waals surface area contributed by atoms with Gasteiger partial charge in [0.1, 0.15) is 22.5 Å². The third kappa shape index (κ3) is 4.09. The van der Waals surface area contributed by atoms with E-state index in [0.717, 1.165) is 12.0 Å². The largest absolute Gasteiger partial charge is 0.492 e. The van der Waals surface area contributed by atoms with Crippen LogP contribution in [0.1, 0.15) is 29.8 Å². The maximum Gasteiger partial charge on any atom is 0.255 e. The Kier molecular flexibility index (Phi) is 5.83. The molecule has 0 fully saturated rings. The molecule has 1 heterocycles. The molecule has 28 heavy (non-hydrogen) atoms. The summed E-state index contributed by atoms with van der Waals surface area (Å²) < 4.78 is 37.8. The highest BCUT2D eigenvalue weighted by Crippen LogP contribution is 2.38. The SMILES string of the molecule is CCOc1cc2c(cc1NC(=O)c1ccc(Cl)c(S(=O)(=O)NC)c1)O[C@H](C)C2. The molecule has 3 rings (SSSR count). The van der Waals surface area contributed by atoms with Crippen LogP contribution in [0.25, 0.3) is 0 Å². The summed E-state index contributed by atoms with van der Waals surface area (Å²) >= 11 is 5.98. The molecule has 1 aliphatic heterocycles. The van der Waals surface area contributed by atoms with Gasteiger partial charge in [0.05, 0.1) is 17.3 Å². The summed E-state index contributed by atoms with van der Waals surface area (Å²) in [6.07, 6.45) is 0.826. The van der Waals surface area contributed by atoms with Crippen LogP contribution in [0.5, 0.6) is 11.5 Å². The lowest BCUT2D eigenvalue weighted by molar-refractivity contribution is 0.102. The number of ether oxygens (including phenoxy) is 2. The van der Waals surface area contributed by atoms with Crippen LogP contribution in [-0.2, 0) is 16.4 Å². The van der Waals surface area contributed by atoms with Crippen molar-refractivity contribution in [2.75, 3.05) is 19.0 Å². The fourth-order valence-corrected chi connectivity index (χ4v) is 4.22. The van der Waals surface area contributed by atoms with Crippen molar-refractivity contribution in [3.8, 4) is 11.5 Å². The van der Waals surface area contributed by atoms with Gasteiger partial charge >= 0.3 is 0 Å². The van der Waals surface area contributed by atoms with E-state index < -0.39 is 15.9 Å². The second-order valence-electron chi connectivity index (χ2n) is 6.33. The lowest BCUT2D eigenvalue weighted by Crippen LogP contribution is -2.20. The van der Waals surface area contributed by atoms with E-state index in [1.54, 1.807) is 6.07 Å². The molecule has 1 aliphatic rings. The van der Waals surface area contributed by atoms with Gasteiger partial charge in [-0.25, -0.2) is 13.1 Å². The summed E-state index contributed by atoms with van der Waals surface area (Å²) in [5.41, 5.74) is 1.62. The molecule has 2 aromatic rings. The van der Waals surface area contributed by atoms with Gasteiger partial charge in [0, 0.05) is 23.6 Å². The van der Waals surface area contributed by atoms with Crippen LogP contribution in [-0.4, -0.2) is 34.1 Å². The van der Waals surface area contributed by atoms with E-state index in [1.165, 1.54) is 25.2 Å². The van der Waals surface area contributed by atoms with Gasteiger partial charge in [-0.1, -0.05) is 11.6 Å². The maximum atomic E-state index is 12.7. The first-order valence-electron chi connectivity index (χ1n) is 8.76. The average Bonchev–Trinajstić information content (AvgIpc) is 3.01. The molecule has 2 aromatic carbocycles. The van der Waals surface area contributed by atoms with Crippen molar-refractivity contribution in [2.24, 2.45) is 0 Å². The monoisotopic (exact) mass is 424 g/mol. The normalized spacial score (nSPS) is 15.6. The smallest absolute Gasteiger partial charge is 0.255 e. The van der Waals surface area contributed by atoms with Crippen molar-refractivity contribution in [2.45, 2.75) is 31.3 Å². The van der Waals surface area contributed by atoms with E-state index in [9.17, 15) is 13.2 Å². The molecule has 9 heteroatoms. The number of hydrogen-bond donors (Lipinski definition) is 2. The van der Waals surface area contributed by atoms with Crippen molar-refractivity contribution >= 4 is 33.2 Å². The van der Waals surface area contributed by atoms with Crippen molar-refractivity contribution in [3.63, 3.8) is 0 Å². The average molecular weight is 425 g/mol. The number of benzene rings is 2. The Morgan fingerprint density at radius 2 is 2.07 bits per heavy atom. The highest BCUT2D eigenvalue weighted by atomic mass is 35.5. The molecule has 0 bridgehead atoms. The number of rotatable bonds is 6. The molecule has 0 unspecified atom stereocenters. The van der Waals surface area contributed by atoms with E-state index >= 15 is 0 Å². The lowest BCUT2D eigenvalue weighted by atomic mass is 10.1. The molecule has 7 nitrogen and oxygen atoms in total. The molecule has 1 atom stereocenters. The summed E-state index contributed by atoms with van der Waals surface area (Å²) in [7, 11) is -2.52. The molecule has 0 spiro atoms. The minimum Gasteiger partial charge on any atom is -0.492 e. The Balaban J connectivity index is 1.94. The Morgan fingerprint density at radius 1 is 1.32 bits per heavy atom. The molecular weight excluding hydrogens is 404 g/mol. The van der Waals surface area contributed by atoms with Crippen LogP contribution in [0, 0.1) is 0 Å². The highest BCUT2D eigenvalue weighted by molar-refractivity contribution is 7.89. The molecule has 2 N–H and O–H groups in total. The number of sulfonamides is 1. The predicted molar refractivity (Wildman–Crippen MR) is 107 cm³/mol. The van der Waals surface area contributed by atoms with Crippen LogP contribution >= 0.6 is 11.6 Å². The third-order valence-electron chi connectivity index (χ3n) is 4.30. The number of fused-ring (bicyclic) bond motifs is 1. The Bertz CT molecular complexity index is 1020. The van der Waals surface area contributed by atoms with E-state index in [4.69, 9.17) is 21.1 Å². The number of halogens is 1. The molecule has 0 saturated heterocycles. The fraction of sp³-hybridized carbons (Fsp3) is 0.316. The van der Waals surface area contributed by atoms with E-state index in [2.05, 4.69) is 10.0 Å². The third-order valence-corrected chi connectivity index (χ3v) is 6.19. The molecule has 0 aliphatic carbocycles. The number of carbonyl (C=O) groups is 1. The van der Waals surface area contributed by atoms with Gasteiger partial charge in [0.15, 0.2) is 0 Å². The number of carbonyl (C=O) groups excluding carboxylic acids is 1. The van der Waals surface area contributed by atoms with Gasteiger partial charge in [-0.05, 0) is 45.2 Å². The van der Waals surface area contributed by atoms with Crippen molar-refractivity contribution in [1.29, 1.82) is 0 Å². The summed E-state index contributed by atoms with van der Waals surface area (Å²) in [6, 6.07) is 7.64. The quantitative estimate of drug-likeness (QED) is 0.742. The lowest BCUT2D eigenvalue weighted by Gasteiger charge is -2.14. The molecule has 0 aromatic heterocycles. The van der Waals surface area contributed by atoms with Gasteiger partial charge in [-0.2, -0.15) is 0 Å². The van der Waals surface area contributed by atoms with Crippen LogP contribution in [0.4, 0.5) is 5.69 Å². The summed E-state index contributed by atoms with van der Waals surface area (Å²) in [4.78, 5) is 12.6. The summed E-state index contributed by atoms with van der Waals surface area (Å²) in [5.74, 6) is 0.737. The van der Waals surface area contributed by atoms with Gasteiger partial charge in [0.2, 0.25) is 10.0 Å². The standard InChI is InChI=1S/C19H21ClN2O5S/c1-4-26-17-8-13-7-11(2)27-16(13)10-15(17)22-19(23)12-5-6-14(20)18(9-12)28(24,25)21-3/h5-6,8-11,21H,4,7H2,1-3H3,(H,22,23)/t11-/m1/s1. The second kappa shape index (κ2) is 7.98. The topological polar surface area (TPSA) is 93.7 Å². The number of nitrogens with one attached hydrogen (secondary N) is 2. The predicted octanol–water partition coefficient (Wildman–Crippen LogP) is 3.22. The first kappa shape index (κ1) is 20.4. The highest BCUT2D eigenvalue weighted by Gasteiger charge is 2.23. The van der Waals surface area contributed by atoms with Gasteiger partial charge < -0.3 is 14.8 Å². The molecule has 0 saturated carbocycles. The zero-order valence-electron chi connectivity index (χ0n) is 15.7. The van der Waals surface area contributed by atoms with Crippen molar-refractivity contribution < 1.29 is 22.7 Å². The number of amides is 1. The molecule has 150 valence electrons. The Labute approximate surface area is 169 Å². The fourth-order valence-electron chi connectivity index (χ4n) is 2.97. The number of anilines is 1. The molecule has 1 amide bonds. The van der Waals surface area contributed by atoms with Gasteiger partial charge in [-0.15, -0.1) is 0 Å². The van der Waals surface area contributed by atoms with E-state index in [0.29, 0.717) is 23.8 Å². The Morgan fingerprint density at radius 3 is 2.75 bits per heavy atom. The minimum atomic E-state index is -3.80. The summed E-state index contributed by atoms with van der Waals surface area (Å²) in [6.45, 7) is 4.26. The summed E-state index contributed by atoms with van der Waals surface area (Å²) in [5, 5.41) is 2.80. The second-order valence-corrected chi connectivity index (χ2v) is 8.59. The van der Waals surface area contributed by atoms with Gasteiger partial charge in [0.25, 0.3) is 5.91 Å². The minimum absolute atomic E-state index is 0.0285. The van der Waals surface area contributed by atoms with Gasteiger partial charge in [-0.3, -0.25) is 4.79 Å². The van der Waals surface area contributed by atoms with Crippen LogP contribution in [0.2, 0.25) is 5.02 Å². The zero-order chi connectivity index (χ0) is 20.5. The molecule has 0 radical (unpaired) electrons. The van der Waals surface area contributed by atoms with Crippen molar-refractivity contribution in [3.05, 3.63) is 46.5 Å². The maximum absolute atomic E-state index is 12.7.